The van der Waals surface area contributed by atoms with E-state index < -0.39 is 0 Å². The van der Waals surface area contributed by atoms with Crippen molar-refractivity contribution in [2.45, 2.75) is 150 Å². The molecule has 0 aliphatic carbocycles. The van der Waals surface area contributed by atoms with Crippen LogP contribution in [0.1, 0.15) is 156 Å². The molecule has 0 bridgehead atoms. The van der Waals surface area contributed by atoms with Gasteiger partial charge in [-0.1, -0.05) is 141 Å². The van der Waals surface area contributed by atoms with E-state index in [0.717, 1.165) is 6.42 Å². The smallest absolute Gasteiger partial charge is 0.0126 e. The van der Waals surface area contributed by atoms with Gasteiger partial charge in [-0.2, -0.15) is 0 Å². The molecule has 0 radical (unpaired) electrons. The zero-order chi connectivity index (χ0) is 27.4. The summed E-state index contributed by atoms with van der Waals surface area (Å²) in [4.78, 5) is 0. The summed E-state index contributed by atoms with van der Waals surface area (Å²) in [6.45, 7) is 38.1. The Bertz CT molecular complexity index is 1010. The Hall–Kier alpha value is -1.56. The Morgan fingerprint density at radius 3 is 1.29 bits per heavy atom. The fourth-order valence-electron chi connectivity index (χ4n) is 5.54. The molecule has 1 unspecified atom stereocenters. The van der Waals surface area contributed by atoms with Crippen LogP contribution in [0.25, 0.3) is 0 Å². The topological polar surface area (TPSA) is 0 Å². The van der Waals surface area contributed by atoms with Crippen molar-refractivity contribution in [3.05, 3.63) is 69.3 Å². The molecule has 0 saturated heterocycles. The highest BCUT2D eigenvalue weighted by molar-refractivity contribution is 5.56. The van der Waals surface area contributed by atoms with Gasteiger partial charge in [0, 0.05) is 0 Å². The molecule has 196 valence electrons. The molecule has 2 aromatic rings. The molecular formula is C35H56. The molecule has 0 amide bonds. The second kappa shape index (κ2) is 9.39. The van der Waals surface area contributed by atoms with Gasteiger partial charge in [0.2, 0.25) is 0 Å². The van der Waals surface area contributed by atoms with Gasteiger partial charge in [-0.3, -0.25) is 0 Å². The lowest BCUT2D eigenvalue weighted by Gasteiger charge is -2.41. The van der Waals surface area contributed by atoms with E-state index in [1.165, 1.54) is 22.3 Å². The first-order valence-electron chi connectivity index (χ1n) is 13.8. The third-order valence-electron chi connectivity index (χ3n) is 7.41. The lowest BCUT2D eigenvalue weighted by Crippen LogP contribution is -2.32. The molecule has 1 atom stereocenters. The molecule has 0 aromatic heterocycles. The van der Waals surface area contributed by atoms with Crippen LogP contribution in [-0.2, 0) is 33.5 Å². The predicted octanol–water partition coefficient (Wildman–Crippen LogP) is 10.5. The Morgan fingerprint density at radius 1 is 0.514 bits per heavy atom. The van der Waals surface area contributed by atoms with Crippen molar-refractivity contribution < 1.29 is 0 Å². The van der Waals surface area contributed by atoms with Gasteiger partial charge in [0.25, 0.3) is 0 Å². The highest BCUT2D eigenvalue weighted by atomic mass is 14.4. The minimum Gasteiger partial charge on any atom is -0.0585 e. The monoisotopic (exact) mass is 476 g/mol. The Balaban J connectivity index is 2.87. The Labute approximate surface area is 219 Å². The highest BCUT2D eigenvalue weighted by Gasteiger charge is 2.37. The molecule has 0 N–H and O–H groups in total. The maximum absolute atomic E-state index is 2.58. The molecule has 0 aliphatic rings. The van der Waals surface area contributed by atoms with Crippen molar-refractivity contribution >= 4 is 0 Å². The van der Waals surface area contributed by atoms with Crippen molar-refractivity contribution in [1.82, 2.24) is 0 Å². The highest BCUT2D eigenvalue weighted by Crippen LogP contribution is 2.47. The summed E-state index contributed by atoms with van der Waals surface area (Å²) in [6.07, 6.45) is 1.07. The first-order valence-corrected chi connectivity index (χ1v) is 13.8. The van der Waals surface area contributed by atoms with E-state index in [-0.39, 0.29) is 27.1 Å². The number of hydrogen-bond donors (Lipinski definition) is 0. The van der Waals surface area contributed by atoms with Crippen LogP contribution in [0.15, 0.2) is 30.3 Å². The summed E-state index contributed by atoms with van der Waals surface area (Å²) in [5.74, 6) is 0.458. The van der Waals surface area contributed by atoms with E-state index in [4.69, 9.17) is 0 Å². The van der Waals surface area contributed by atoms with Gasteiger partial charge >= 0.3 is 0 Å². The first-order chi connectivity index (χ1) is 15.5. The summed E-state index contributed by atoms with van der Waals surface area (Å²) in [5, 5.41) is 0. The average molecular weight is 477 g/mol. The third-order valence-corrected chi connectivity index (χ3v) is 7.41. The zero-order valence-electron chi connectivity index (χ0n) is 26.2. The number of hydrogen-bond acceptors (Lipinski definition) is 0. The fourth-order valence-corrected chi connectivity index (χ4v) is 5.54. The molecule has 35 heavy (non-hydrogen) atoms. The largest absolute Gasteiger partial charge is 0.0585 e. The van der Waals surface area contributed by atoms with E-state index >= 15 is 0 Å². The van der Waals surface area contributed by atoms with Crippen molar-refractivity contribution in [1.29, 1.82) is 0 Å². The lowest BCUT2D eigenvalue weighted by atomic mass is 9.63. The van der Waals surface area contributed by atoms with Crippen molar-refractivity contribution in [3.63, 3.8) is 0 Å². The van der Waals surface area contributed by atoms with Gasteiger partial charge in [0.1, 0.15) is 0 Å². The van der Waals surface area contributed by atoms with Crippen LogP contribution < -0.4 is 0 Å². The van der Waals surface area contributed by atoms with Gasteiger partial charge < -0.3 is 0 Å². The second-order valence-corrected chi connectivity index (χ2v) is 16.2. The molecule has 0 spiro atoms. The number of rotatable bonds is 3. The van der Waals surface area contributed by atoms with Crippen LogP contribution in [-0.4, -0.2) is 0 Å². The summed E-state index contributed by atoms with van der Waals surface area (Å²) >= 11 is 0. The quantitative estimate of drug-likeness (QED) is 0.413. The first kappa shape index (κ1) is 29.7. The van der Waals surface area contributed by atoms with Gasteiger partial charge in [-0.25, -0.2) is 0 Å². The van der Waals surface area contributed by atoms with E-state index in [0.29, 0.717) is 5.92 Å². The van der Waals surface area contributed by atoms with Gasteiger partial charge in [0.05, 0.1) is 0 Å². The normalized spacial score (nSPS) is 14.9. The van der Waals surface area contributed by atoms with Gasteiger partial charge in [-0.15, -0.1) is 0 Å². The number of benzene rings is 2. The van der Waals surface area contributed by atoms with Crippen LogP contribution in [0.3, 0.4) is 0 Å². The lowest BCUT2D eigenvalue weighted by molar-refractivity contribution is 0.482. The minimum atomic E-state index is 0.0645. The van der Waals surface area contributed by atoms with Gasteiger partial charge in [0.15, 0.2) is 0 Å². The average Bonchev–Trinajstić information content (AvgIpc) is 2.63. The van der Waals surface area contributed by atoms with Crippen LogP contribution in [0.5, 0.6) is 0 Å². The summed E-state index contributed by atoms with van der Waals surface area (Å²) in [6, 6.07) is 12.0. The molecule has 0 heterocycles. The Morgan fingerprint density at radius 2 is 0.943 bits per heavy atom. The molecule has 0 saturated carbocycles. The third kappa shape index (κ3) is 6.81. The van der Waals surface area contributed by atoms with Gasteiger partial charge in [-0.05, 0) is 78.4 Å². The van der Waals surface area contributed by atoms with E-state index in [9.17, 15) is 0 Å². The fraction of sp³-hybridized carbons (Fsp3) is 0.657. The molecular weight excluding hydrogens is 420 g/mol. The van der Waals surface area contributed by atoms with Crippen molar-refractivity contribution in [2.24, 2.45) is 0 Å². The maximum atomic E-state index is 2.58. The summed E-state index contributed by atoms with van der Waals surface area (Å²) < 4.78 is 0. The van der Waals surface area contributed by atoms with E-state index in [2.05, 4.69) is 141 Å². The van der Waals surface area contributed by atoms with Crippen LogP contribution in [0.2, 0.25) is 0 Å². The molecule has 0 nitrogen and oxygen atoms in total. The van der Waals surface area contributed by atoms with Crippen molar-refractivity contribution in [2.75, 3.05) is 0 Å². The molecule has 0 aliphatic heterocycles. The zero-order valence-corrected chi connectivity index (χ0v) is 26.2. The Kier molecular flexibility index (Phi) is 7.96. The van der Waals surface area contributed by atoms with E-state index in [1.807, 2.05) is 0 Å². The van der Waals surface area contributed by atoms with Crippen LogP contribution in [0, 0.1) is 0 Å². The van der Waals surface area contributed by atoms with E-state index in [1.54, 1.807) is 16.7 Å². The molecule has 0 heteroatoms. The summed E-state index contributed by atoms with van der Waals surface area (Å²) in [5.41, 5.74) is 11.1. The predicted molar refractivity (Wildman–Crippen MR) is 159 cm³/mol. The summed E-state index contributed by atoms with van der Waals surface area (Å²) in [7, 11) is 0. The second-order valence-electron chi connectivity index (χ2n) is 16.2. The molecule has 0 fully saturated rings. The molecule has 2 aromatic carbocycles. The minimum absolute atomic E-state index is 0.0645. The molecule has 2 rings (SSSR count). The van der Waals surface area contributed by atoms with Crippen LogP contribution >= 0.6 is 0 Å². The van der Waals surface area contributed by atoms with Crippen molar-refractivity contribution in [3.8, 4) is 0 Å². The SMILES string of the molecule is CC(Cc1c(C(C)(C)C)cc(C(C)(C)C)c(C(C)(C)C)c1C(C)(C)C)c1ccc(C(C)(C)C)cc1. The standard InChI is InChI=1S/C35H56/c1-23(24-17-19-25(20-18-24)31(2,3)4)21-26-27(32(5,6)7)22-28(33(8,9)10)30(35(14,15)16)29(26)34(11,12)13/h17-20,22-23H,21H2,1-16H3. The van der Waals surface area contributed by atoms with Crippen LogP contribution in [0.4, 0.5) is 0 Å². The maximum Gasteiger partial charge on any atom is -0.0126 e.